The van der Waals surface area contributed by atoms with Gasteiger partial charge in [-0.15, -0.1) is 0 Å². The van der Waals surface area contributed by atoms with E-state index in [1.807, 2.05) is 0 Å². The van der Waals surface area contributed by atoms with Crippen LogP contribution in [0.4, 0.5) is 0 Å². The van der Waals surface area contributed by atoms with Gasteiger partial charge in [0.15, 0.2) is 0 Å². The molecule has 3 N–H and O–H groups in total. The Morgan fingerprint density at radius 2 is 1.19 bits per heavy atom. The summed E-state index contributed by atoms with van der Waals surface area (Å²) in [7, 11) is 3.25. The Morgan fingerprint density at radius 1 is 0.938 bits per heavy atom. The molecule has 0 aromatic rings. The third-order valence-corrected chi connectivity index (χ3v) is 0.843. The highest BCUT2D eigenvalue weighted by Gasteiger charge is 1.86. The lowest BCUT2D eigenvalue weighted by Crippen LogP contribution is -2.09. The lowest BCUT2D eigenvalue weighted by molar-refractivity contribution is -0.122. The zero-order chi connectivity index (χ0) is 13.1. The number of carbonyl (C=O) groups is 1. The normalized spacial score (nSPS) is 8.25. The fraction of sp³-hybridized carbons (Fsp3) is 0.889. The van der Waals surface area contributed by atoms with Crippen LogP contribution in [-0.2, 0) is 19.0 Å². The predicted molar refractivity (Wildman–Crippen MR) is 57.4 cm³/mol. The van der Waals surface area contributed by atoms with Crippen molar-refractivity contribution in [1.82, 2.24) is 0 Å². The molecule has 0 unspecified atom stereocenters. The van der Waals surface area contributed by atoms with E-state index in [0.717, 1.165) is 0 Å². The quantitative estimate of drug-likeness (QED) is 0.387. The summed E-state index contributed by atoms with van der Waals surface area (Å²) >= 11 is 0. The second-order valence-electron chi connectivity index (χ2n) is 2.19. The Kier molecular flexibility index (Phi) is 37.7. The maximum Gasteiger partial charge on any atom is 0.290 e. The first-order valence-electron chi connectivity index (χ1n) is 4.60. The van der Waals surface area contributed by atoms with Crippen molar-refractivity contribution in [2.45, 2.75) is 0 Å². The van der Waals surface area contributed by atoms with Crippen LogP contribution in [0.3, 0.4) is 0 Å². The summed E-state index contributed by atoms with van der Waals surface area (Å²) in [5.41, 5.74) is 0. The van der Waals surface area contributed by atoms with Crippen LogP contribution in [0.5, 0.6) is 0 Å². The van der Waals surface area contributed by atoms with Crippen molar-refractivity contribution in [3.8, 4) is 0 Å². The highest BCUT2D eigenvalue weighted by molar-refractivity contribution is 5.32. The molecule has 16 heavy (non-hydrogen) atoms. The summed E-state index contributed by atoms with van der Waals surface area (Å²) in [6.07, 6.45) is 0. The van der Waals surface area contributed by atoms with Gasteiger partial charge in [-0.25, -0.2) is 0 Å². The molecule has 0 aliphatic carbocycles. The second kappa shape index (κ2) is 29.2. The van der Waals surface area contributed by atoms with Crippen molar-refractivity contribution in [3.63, 3.8) is 0 Å². The summed E-state index contributed by atoms with van der Waals surface area (Å²) in [6.45, 7) is 1.48. The van der Waals surface area contributed by atoms with Crippen LogP contribution in [0.15, 0.2) is 0 Å². The largest absolute Gasteiger partial charge is 0.483 e. The zero-order valence-corrected chi connectivity index (χ0v) is 9.79. The van der Waals surface area contributed by atoms with Gasteiger partial charge in [-0.05, 0) is 0 Å². The molecule has 0 rings (SSSR count). The Labute approximate surface area is 95.6 Å². The van der Waals surface area contributed by atoms with Crippen LogP contribution in [0.1, 0.15) is 0 Å². The minimum atomic E-state index is -0.250. The predicted octanol–water partition coefficient (Wildman–Crippen LogP) is -1.03. The van der Waals surface area contributed by atoms with Gasteiger partial charge in [0.1, 0.15) is 0 Å². The van der Waals surface area contributed by atoms with Gasteiger partial charge < -0.3 is 29.5 Å². The maximum atomic E-state index is 8.36. The molecule has 0 fully saturated rings. The minimum absolute atomic E-state index is 0.0417. The fourth-order valence-corrected chi connectivity index (χ4v) is 0.451. The number of aliphatic hydroxyl groups excluding tert-OH is 2. The van der Waals surface area contributed by atoms with Crippen LogP contribution in [-0.4, -0.2) is 75.7 Å². The van der Waals surface area contributed by atoms with Crippen molar-refractivity contribution in [2.75, 3.05) is 53.9 Å². The summed E-state index contributed by atoms with van der Waals surface area (Å²) in [4.78, 5) is 8.36. The average molecular weight is 242 g/mol. The molecule has 7 heteroatoms. The van der Waals surface area contributed by atoms with Gasteiger partial charge in [-0.3, -0.25) is 4.79 Å². The van der Waals surface area contributed by atoms with E-state index in [4.69, 9.17) is 29.6 Å². The molecule has 0 aromatic heterocycles. The molecule has 0 atom stereocenters. The number of hydrogen-bond acceptors (Lipinski definition) is 6. The van der Waals surface area contributed by atoms with Crippen LogP contribution in [0.25, 0.3) is 0 Å². The molecular weight excluding hydrogens is 220 g/mol. The Bertz CT molecular complexity index is 91.9. The minimum Gasteiger partial charge on any atom is -0.483 e. The first-order valence-corrected chi connectivity index (χ1v) is 4.60. The van der Waals surface area contributed by atoms with Gasteiger partial charge in [-0.1, -0.05) is 0 Å². The number of hydrogen-bond donors (Lipinski definition) is 3. The molecule has 0 heterocycles. The fourth-order valence-electron chi connectivity index (χ4n) is 0.451. The average Bonchev–Trinajstić information content (AvgIpc) is 2.26. The molecule has 0 aliphatic rings. The first-order chi connectivity index (χ1) is 7.74. The third kappa shape index (κ3) is 50.8. The topological polar surface area (TPSA) is 105 Å². The van der Waals surface area contributed by atoms with Gasteiger partial charge in [0, 0.05) is 14.2 Å². The first kappa shape index (κ1) is 20.7. The molecule has 0 bridgehead atoms. The van der Waals surface area contributed by atoms with Crippen LogP contribution >= 0.6 is 0 Å². The number of aliphatic hydroxyl groups is 2. The number of methoxy groups -OCH3 is 1. The highest BCUT2D eigenvalue weighted by atomic mass is 16.5. The maximum absolute atomic E-state index is 8.36. The van der Waals surface area contributed by atoms with Gasteiger partial charge in [0.25, 0.3) is 6.47 Å². The number of ether oxygens (including phenoxy) is 3. The van der Waals surface area contributed by atoms with Crippen molar-refractivity contribution in [2.24, 2.45) is 0 Å². The second-order valence-corrected chi connectivity index (χ2v) is 2.19. The third-order valence-electron chi connectivity index (χ3n) is 0.843. The van der Waals surface area contributed by atoms with Crippen molar-refractivity contribution < 1.29 is 34.3 Å². The standard InChI is InChI=1S/C6H14O4.C2H6O.CH2O2/c7-1-3-9-5-6-10-4-2-8;1-3-2;2-1-3/h7-8H,1-6H2;1-2H3;1H,(H,2,3). The van der Waals surface area contributed by atoms with Crippen LogP contribution in [0, 0.1) is 0 Å². The number of carboxylic acid groups (broad SMARTS) is 1. The van der Waals surface area contributed by atoms with E-state index >= 15 is 0 Å². The van der Waals surface area contributed by atoms with E-state index in [1.165, 1.54) is 0 Å². The summed E-state index contributed by atoms with van der Waals surface area (Å²) in [5.74, 6) is 0. The van der Waals surface area contributed by atoms with E-state index in [0.29, 0.717) is 26.4 Å². The van der Waals surface area contributed by atoms with Crippen molar-refractivity contribution >= 4 is 6.47 Å². The lowest BCUT2D eigenvalue weighted by atomic mass is 10.7. The van der Waals surface area contributed by atoms with E-state index in [-0.39, 0.29) is 19.7 Å². The lowest BCUT2D eigenvalue weighted by Gasteiger charge is -2.01. The molecule has 0 amide bonds. The Hall–Kier alpha value is -0.730. The smallest absolute Gasteiger partial charge is 0.290 e. The van der Waals surface area contributed by atoms with E-state index in [2.05, 4.69) is 4.74 Å². The molecule has 0 radical (unpaired) electrons. The molecular formula is C9H22O7. The van der Waals surface area contributed by atoms with E-state index in [9.17, 15) is 0 Å². The van der Waals surface area contributed by atoms with Crippen LogP contribution < -0.4 is 0 Å². The zero-order valence-electron chi connectivity index (χ0n) is 9.79. The molecule has 0 spiro atoms. The molecule has 0 saturated heterocycles. The van der Waals surface area contributed by atoms with Crippen LogP contribution in [0.2, 0.25) is 0 Å². The molecule has 0 aromatic carbocycles. The monoisotopic (exact) mass is 242 g/mol. The Morgan fingerprint density at radius 3 is 1.38 bits per heavy atom. The van der Waals surface area contributed by atoms with Crippen molar-refractivity contribution in [3.05, 3.63) is 0 Å². The molecule has 0 saturated carbocycles. The molecule has 0 aliphatic heterocycles. The Balaban J connectivity index is -0.000000235. The summed E-state index contributed by atoms with van der Waals surface area (Å²) in [6, 6.07) is 0. The summed E-state index contributed by atoms with van der Waals surface area (Å²) < 4.78 is 14.0. The van der Waals surface area contributed by atoms with E-state index < -0.39 is 0 Å². The highest BCUT2D eigenvalue weighted by Crippen LogP contribution is 1.76. The molecule has 7 nitrogen and oxygen atoms in total. The van der Waals surface area contributed by atoms with Gasteiger partial charge >= 0.3 is 0 Å². The summed E-state index contributed by atoms with van der Waals surface area (Å²) in [5, 5.41) is 23.4. The van der Waals surface area contributed by atoms with Gasteiger partial charge in [-0.2, -0.15) is 0 Å². The number of rotatable bonds is 7. The van der Waals surface area contributed by atoms with Crippen molar-refractivity contribution in [1.29, 1.82) is 0 Å². The van der Waals surface area contributed by atoms with Gasteiger partial charge in [0.2, 0.25) is 0 Å². The SMILES string of the molecule is COC.O=CO.OCCOCCOCCO. The van der Waals surface area contributed by atoms with E-state index in [1.54, 1.807) is 14.2 Å². The van der Waals surface area contributed by atoms with Gasteiger partial charge in [0.05, 0.1) is 39.6 Å². The molecule has 100 valence electrons.